The standard InChI is InChI=1S/C15H17F3N2O2/c16-15(17,18)11-6-2-3-7-12(11)20-13(21)19-10-14(22)8-4-1-5-9-14/h2-4,6-8,22H,1,5,9-10H2,(H2,19,20,21). The van der Waals surface area contributed by atoms with Crippen LogP contribution in [0, 0.1) is 0 Å². The number of nitrogens with one attached hydrogen (secondary N) is 2. The zero-order valence-electron chi connectivity index (χ0n) is 11.8. The molecular formula is C15H17F3N2O2. The normalized spacial score (nSPS) is 21.5. The second-order valence-corrected chi connectivity index (χ2v) is 5.25. The van der Waals surface area contributed by atoms with Gasteiger partial charge in [-0.15, -0.1) is 0 Å². The van der Waals surface area contributed by atoms with Gasteiger partial charge in [-0.1, -0.05) is 24.3 Å². The summed E-state index contributed by atoms with van der Waals surface area (Å²) in [5, 5.41) is 14.7. The van der Waals surface area contributed by atoms with Gasteiger partial charge in [0.1, 0.15) is 5.60 Å². The van der Waals surface area contributed by atoms with Crippen molar-refractivity contribution < 1.29 is 23.1 Å². The number of carbonyl (C=O) groups is 1. The number of amides is 2. The number of carbonyl (C=O) groups excluding carboxylic acids is 1. The van der Waals surface area contributed by atoms with Crippen LogP contribution in [-0.4, -0.2) is 23.3 Å². The summed E-state index contributed by atoms with van der Waals surface area (Å²) in [5.41, 5.74) is -2.38. The second-order valence-electron chi connectivity index (χ2n) is 5.25. The molecular weight excluding hydrogens is 297 g/mol. The van der Waals surface area contributed by atoms with Gasteiger partial charge in [0.05, 0.1) is 17.8 Å². The Labute approximate surface area is 126 Å². The number of benzene rings is 1. The van der Waals surface area contributed by atoms with Gasteiger partial charge in [-0.05, 0) is 31.4 Å². The Bertz CT molecular complexity index is 572. The minimum atomic E-state index is -4.55. The third kappa shape index (κ3) is 4.24. The first-order valence-electron chi connectivity index (χ1n) is 6.91. The van der Waals surface area contributed by atoms with E-state index in [0.29, 0.717) is 6.42 Å². The summed E-state index contributed by atoms with van der Waals surface area (Å²) in [6, 6.07) is 3.94. The molecule has 2 amide bonds. The molecule has 0 aromatic heterocycles. The summed E-state index contributed by atoms with van der Waals surface area (Å²) >= 11 is 0. The highest BCUT2D eigenvalue weighted by Crippen LogP contribution is 2.34. The van der Waals surface area contributed by atoms with E-state index in [1.807, 2.05) is 6.08 Å². The molecule has 0 saturated carbocycles. The fourth-order valence-electron chi connectivity index (χ4n) is 2.30. The van der Waals surface area contributed by atoms with E-state index in [1.54, 1.807) is 6.08 Å². The summed E-state index contributed by atoms with van der Waals surface area (Å²) in [6.07, 6.45) is 1.06. The molecule has 0 aliphatic heterocycles. The van der Waals surface area contributed by atoms with E-state index in [0.717, 1.165) is 18.9 Å². The van der Waals surface area contributed by atoms with Crippen LogP contribution in [0.1, 0.15) is 24.8 Å². The predicted molar refractivity (Wildman–Crippen MR) is 76.4 cm³/mol. The summed E-state index contributed by atoms with van der Waals surface area (Å²) in [6.45, 7) is -0.0521. The van der Waals surface area contributed by atoms with Crippen molar-refractivity contribution in [2.24, 2.45) is 0 Å². The Hall–Kier alpha value is -2.02. The number of para-hydroxylation sites is 1. The lowest BCUT2D eigenvalue weighted by Gasteiger charge is -2.27. The molecule has 0 fully saturated rings. The van der Waals surface area contributed by atoms with Gasteiger partial charge in [0.15, 0.2) is 0 Å². The van der Waals surface area contributed by atoms with Gasteiger partial charge in [0.2, 0.25) is 0 Å². The molecule has 3 N–H and O–H groups in total. The number of rotatable bonds is 3. The van der Waals surface area contributed by atoms with Gasteiger partial charge in [-0.2, -0.15) is 13.2 Å². The van der Waals surface area contributed by atoms with Gasteiger partial charge >= 0.3 is 12.2 Å². The second kappa shape index (κ2) is 6.39. The molecule has 0 heterocycles. The lowest BCUT2D eigenvalue weighted by Crippen LogP contribution is -2.43. The fraction of sp³-hybridized carbons (Fsp3) is 0.400. The van der Waals surface area contributed by atoms with Crippen molar-refractivity contribution in [1.82, 2.24) is 5.32 Å². The molecule has 7 heteroatoms. The number of aliphatic hydroxyl groups is 1. The maximum Gasteiger partial charge on any atom is 0.418 e. The molecule has 0 saturated heterocycles. The molecule has 1 aliphatic rings. The molecule has 22 heavy (non-hydrogen) atoms. The van der Waals surface area contributed by atoms with Crippen LogP contribution < -0.4 is 10.6 Å². The maximum atomic E-state index is 12.8. The predicted octanol–water partition coefficient (Wildman–Crippen LogP) is 3.30. The van der Waals surface area contributed by atoms with Crippen molar-refractivity contribution in [3.05, 3.63) is 42.0 Å². The van der Waals surface area contributed by atoms with Crippen molar-refractivity contribution in [3.8, 4) is 0 Å². The Balaban J connectivity index is 1.98. The molecule has 1 atom stereocenters. The number of allylic oxidation sites excluding steroid dienone is 1. The summed E-state index contributed by atoms with van der Waals surface area (Å²) in [7, 11) is 0. The van der Waals surface area contributed by atoms with Crippen LogP contribution >= 0.6 is 0 Å². The maximum absolute atomic E-state index is 12.8. The van der Waals surface area contributed by atoms with Crippen LogP contribution in [0.5, 0.6) is 0 Å². The van der Waals surface area contributed by atoms with Crippen LogP contribution in [0.2, 0.25) is 0 Å². The first-order chi connectivity index (χ1) is 10.3. The quantitative estimate of drug-likeness (QED) is 0.750. The zero-order chi connectivity index (χ0) is 16.2. The molecule has 1 unspecified atom stereocenters. The summed E-state index contributed by atoms with van der Waals surface area (Å²) in [4.78, 5) is 11.8. The minimum Gasteiger partial charge on any atom is -0.384 e. The van der Waals surface area contributed by atoms with E-state index >= 15 is 0 Å². The van der Waals surface area contributed by atoms with Gasteiger partial charge < -0.3 is 15.7 Å². The topological polar surface area (TPSA) is 61.4 Å². The number of urea groups is 1. The van der Waals surface area contributed by atoms with Crippen molar-refractivity contribution in [1.29, 1.82) is 0 Å². The minimum absolute atomic E-state index is 0.0521. The van der Waals surface area contributed by atoms with Gasteiger partial charge in [-0.3, -0.25) is 0 Å². The van der Waals surface area contributed by atoms with Gasteiger partial charge in [-0.25, -0.2) is 4.79 Å². The molecule has 1 aromatic rings. The molecule has 4 nitrogen and oxygen atoms in total. The van der Waals surface area contributed by atoms with Crippen LogP contribution in [0.3, 0.4) is 0 Å². The Kier molecular flexibility index (Phi) is 4.75. The van der Waals surface area contributed by atoms with Crippen molar-refractivity contribution in [3.63, 3.8) is 0 Å². The monoisotopic (exact) mass is 314 g/mol. The van der Waals surface area contributed by atoms with E-state index in [2.05, 4.69) is 10.6 Å². The highest BCUT2D eigenvalue weighted by Gasteiger charge is 2.33. The Morgan fingerprint density at radius 3 is 2.68 bits per heavy atom. The van der Waals surface area contributed by atoms with Crippen molar-refractivity contribution in [2.45, 2.75) is 31.0 Å². The van der Waals surface area contributed by atoms with Crippen LogP contribution in [0.4, 0.5) is 23.7 Å². The summed E-state index contributed by atoms with van der Waals surface area (Å²) in [5.74, 6) is 0. The molecule has 0 spiro atoms. The first kappa shape index (κ1) is 16.4. The van der Waals surface area contributed by atoms with E-state index in [-0.39, 0.29) is 12.2 Å². The first-order valence-corrected chi connectivity index (χ1v) is 6.91. The molecule has 0 bridgehead atoms. The van der Waals surface area contributed by atoms with Crippen molar-refractivity contribution >= 4 is 11.7 Å². The van der Waals surface area contributed by atoms with E-state index in [1.165, 1.54) is 18.2 Å². The van der Waals surface area contributed by atoms with Crippen LogP contribution in [0.25, 0.3) is 0 Å². The third-order valence-electron chi connectivity index (χ3n) is 3.44. The molecule has 0 radical (unpaired) electrons. The van der Waals surface area contributed by atoms with Crippen LogP contribution in [-0.2, 0) is 6.18 Å². The average Bonchev–Trinajstić information content (AvgIpc) is 2.46. The molecule has 1 aromatic carbocycles. The Morgan fingerprint density at radius 1 is 1.32 bits per heavy atom. The number of halogens is 3. The van der Waals surface area contributed by atoms with E-state index < -0.39 is 23.4 Å². The number of alkyl halides is 3. The smallest absolute Gasteiger partial charge is 0.384 e. The van der Waals surface area contributed by atoms with E-state index in [9.17, 15) is 23.1 Å². The number of hydrogen-bond donors (Lipinski definition) is 3. The highest BCUT2D eigenvalue weighted by atomic mass is 19.4. The summed E-state index contributed by atoms with van der Waals surface area (Å²) < 4.78 is 38.4. The van der Waals surface area contributed by atoms with Crippen molar-refractivity contribution in [2.75, 3.05) is 11.9 Å². The largest absolute Gasteiger partial charge is 0.418 e. The number of anilines is 1. The molecule has 1 aliphatic carbocycles. The lowest BCUT2D eigenvalue weighted by atomic mass is 9.91. The molecule has 120 valence electrons. The van der Waals surface area contributed by atoms with E-state index in [4.69, 9.17) is 0 Å². The SMILES string of the molecule is O=C(NCC1(O)C=CCCC1)Nc1ccccc1C(F)(F)F. The average molecular weight is 314 g/mol. The van der Waals surface area contributed by atoms with Crippen LogP contribution in [0.15, 0.2) is 36.4 Å². The highest BCUT2D eigenvalue weighted by molar-refractivity contribution is 5.90. The third-order valence-corrected chi connectivity index (χ3v) is 3.44. The Morgan fingerprint density at radius 2 is 2.05 bits per heavy atom. The molecule has 2 rings (SSSR count). The number of hydrogen-bond acceptors (Lipinski definition) is 2. The van der Waals surface area contributed by atoms with Gasteiger partial charge in [0.25, 0.3) is 0 Å². The fourth-order valence-corrected chi connectivity index (χ4v) is 2.30. The lowest BCUT2D eigenvalue weighted by molar-refractivity contribution is -0.136. The van der Waals surface area contributed by atoms with Gasteiger partial charge in [0, 0.05) is 0 Å². The zero-order valence-corrected chi connectivity index (χ0v) is 11.8.